The van der Waals surface area contributed by atoms with E-state index in [-0.39, 0.29) is 36.2 Å². The van der Waals surface area contributed by atoms with Gasteiger partial charge in [0, 0.05) is 13.1 Å². The van der Waals surface area contributed by atoms with Crippen LogP contribution in [-0.2, 0) is 23.9 Å². The number of carbonyl (C=O) groups excluding carboxylic acids is 2. The van der Waals surface area contributed by atoms with Gasteiger partial charge in [-0.15, -0.1) is 0 Å². The van der Waals surface area contributed by atoms with Crippen molar-refractivity contribution in [2.24, 2.45) is 5.92 Å². The van der Waals surface area contributed by atoms with Crippen LogP contribution in [0, 0.1) is 5.92 Å². The molecule has 0 saturated carbocycles. The minimum atomic E-state index is -3.83. The molecule has 1 aromatic rings. The second-order valence-corrected chi connectivity index (χ2v) is 7.48. The van der Waals surface area contributed by atoms with Crippen LogP contribution >= 0.6 is 0 Å². The molecule has 0 radical (unpaired) electrons. The molecule has 0 aliphatic heterocycles. The number of benzene rings is 1. The molecular weight excluding hydrogens is 356 g/mol. The van der Waals surface area contributed by atoms with Gasteiger partial charge in [0.1, 0.15) is 5.92 Å². The fourth-order valence-electron chi connectivity index (χ4n) is 2.24. The van der Waals surface area contributed by atoms with Gasteiger partial charge < -0.3 is 10.6 Å². The summed E-state index contributed by atoms with van der Waals surface area (Å²) in [5.41, 5.74) is 0. The third-order valence-electron chi connectivity index (χ3n) is 3.64. The van der Waals surface area contributed by atoms with Crippen LogP contribution in [0.15, 0.2) is 35.2 Å². The van der Waals surface area contributed by atoms with Crippen LogP contribution in [0.1, 0.15) is 39.5 Å². The summed E-state index contributed by atoms with van der Waals surface area (Å²) in [4.78, 5) is 24.5. The zero-order valence-electron chi connectivity index (χ0n) is 15.4. The highest BCUT2D eigenvalue weighted by molar-refractivity contribution is 7.86. The summed E-state index contributed by atoms with van der Waals surface area (Å²) in [6, 6.07) is 7.85. The maximum atomic E-state index is 12.2. The van der Waals surface area contributed by atoms with Crippen LogP contribution in [0.5, 0.6) is 0 Å². The van der Waals surface area contributed by atoms with Crippen LogP contribution in [0.25, 0.3) is 0 Å². The minimum Gasteiger partial charge on any atom is -0.355 e. The van der Waals surface area contributed by atoms with Crippen molar-refractivity contribution in [3.8, 4) is 0 Å². The van der Waals surface area contributed by atoms with Crippen molar-refractivity contribution in [1.29, 1.82) is 0 Å². The number of hydrogen-bond donors (Lipinski definition) is 2. The van der Waals surface area contributed by atoms with Gasteiger partial charge in [-0.1, -0.05) is 32.0 Å². The molecule has 1 rings (SSSR count). The Balaban J connectivity index is 2.57. The molecule has 0 aliphatic rings. The topological polar surface area (TPSA) is 102 Å². The van der Waals surface area contributed by atoms with E-state index in [0.717, 1.165) is 12.8 Å². The third-order valence-corrected chi connectivity index (χ3v) is 4.97. The Hall–Kier alpha value is -1.93. The molecule has 2 N–H and O–H groups in total. The zero-order chi connectivity index (χ0) is 19.4. The molecule has 0 atom stereocenters. The Bertz CT molecular complexity index is 641. The summed E-state index contributed by atoms with van der Waals surface area (Å²) in [6.45, 7) is 4.75. The second kappa shape index (κ2) is 11.6. The number of carbonyl (C=O) groups is 2. The molecule has 0 saturated heterocycles. The van der Waals surface area contributed by atoms with Gasteiger partial charge in [-0.3, -0.25) is 13.8 Å². The van der Waals surface area contributed by atoms with Crippen molar-refractivity contribution in [3.05, 3.63) is 30.3 Å². The van der Waals surface area contributed by atoms with E-state index >= 15 is 0 Å². The van der Waals surface area contributed by atoms with Crippen LogP contribution in [0.3, 0.4) is 0 Å². The molecule has 7 nitrogen and oxygen atoms in total. The highest BCUT2D eigenvalue weighted by Crippen LogP contribution is 2.14. The highest BCUT2D eigenvalue weighted by Gasteiger charge is 2.26. The first-order valence-corrected chi connectivity index (χ1v) is 10.3. The number of amides is 2. The van der Waals surface area contributed by atoms with Gasteiger partial charge >= 0.3 is 0 Å². The smallest absolute Gasteiger partial charge is 0.296 e. The summed E-state index contributed by atoms with van der Waals surface area (Å²) in [5, 5.41) is 5.43. The molecule has 0 heterocycles. The van der Waals surface area contributed by atoms with Gasteiger partial charge in [0.2, 0.25) is 11.8 Å². The lowest BCUT2D eigenvalue weighted by Crippen LogP contribution is -2.42. The lowest BCUT2D eigenvalue weighted by atomic mass is 10.0. The predicted molar refractivity (Wildman–Crippen MR) is 98.9 cm³/mol. The number of rotatable bonds is 12. The summed E-state index contributed by atoms with van der Waals surface area (Å²) in [7, 11) is -3.83. The molecule has 8 heteroatoms. The van der Waals surface area contributed by atoms with Gasteiger partial charge in [-0.25, -0.2) is 0 Å². The molecule has 0 unspecified atom stereocenters. The van der Waals surface area contributed by atoms with Crippen LogP contribution in [0.2, 0.25) is 0 Å². The van der Waals surface area contributed by atoms with Crippen LogP contribution in [0.4, 0.5) is 0 Å². The lowest BCUT2D eigenvalue weighted by molar-refractivity contribution is -0.135. The summed E-state index contributed by atoms with van der Waals surface area (Å²) < 4.78 is 29.1. The molecule has 0 bridgehead atoms. The van der Waals surface area contributed by atoms with E-state index in [1.807, 2.05) is 13.8 Å². The highest BCUT2D eigenvalue weighted by atomic mass is 32.2. The molecule has 0 aliphatic carbocycles. The van der Waals surface area contributed by atoms with Crippen molar-refractivity contribution >= 4 is 21.9 Å². The van der Waals surface area contributed by atoms with Crippen LogP contribution in [-0.4, -0.2) is 39.9 Å². The first kappa shape index (κ1) is 22.1. The molecule has 0 fully saturated rings. The number of nitrogens with one attached hydrogen (secondary N) is 2. The fourth-order valence-corrected chi connectivity index (χ4v) is 3.20. The van der Waals surface area contributed by atoms with Gasteiger partial charge in [-0.05, 0) is 37.8 Å². The maximum Gasteiger partial charge on any atom is 0.296 e. The maximum absolute atomic E-state index is 12.2. The third kappa shape index (κ3) is 7.53. The summed E-state index contributed by atoms with van der Waals surface area (Å²) >= 11 is 0. The minimum absolute atomic E-state index is 0.0814. The first-order chi connectivity index (χ1) is 12.4. The quantitative estimate of drug-likeness (QED) is 0.325. The van der Waals surface area contributed by atoms with Crippen molar-refractivity contribution < 1.29 is 22.2 Å². The van der Waals surface area contributed by atoms with Crippen molar-refractivity contribution in [1.82, 2.24) is 10.6 Å². The Labute approximate surface area is 155 Å². The first-order valence-electron chi connectivity index (χ1n) is 8.92. The van der Waals surface area contributed by atoms with Gasteiger partial charge in [0.25, 0.3) is 10.1 Å². The second-order valence-electron chi connectivity index (χ2n) is 5.87. The summed E-state index contributed by atoms with van der Waals surface area (Å²) in [5.74, 6) is -1.53. The molecular formula is C18H28N2O5S. The van der Waals surface area contributed by atoms with Crippen LogP contribution < -0.4 is 10.6 Å². The molecule has 26 heavy (non-hydrogen) atoms. The van der Waals surface area contributed by atoms with E-state index in [0.29, 0.717) is 13.1 Å². The van der Waals surface area contributed by atoms with Gasteiger partial charge in [0.15, 0.2) is 0 Å². The van der Waals surface area contributed by atoms with E-state index in [4.69, 9.17) is 4.18 Å². The summed E-state index contributed by atoms with van der Waals surface area (Å²) in [6.07, 6.45) is 2.03. The Morgan fingerprint density at radius 2 is 1.54 bits per heavy atom. The molecule has 1 aromatic carbocycles. The Morgan fingerprint density at radius 1 is 1.00 bits per heavy atom. The SMILES string of the molecule is CCCNC(=O)C(CCCOS(=O)(=O)c1ccccc1)C(=O)NCCC. The largest absolute Gasteiger partial charge is 0.355 e. The normalized spacial score (nSPS) is 11.3. The van der Waals surface area contributed by atoms with E-state index in [9.17, 15) is 18.0 Å². The Kier molecular flexibility index (Phi) is 9.90. The van der Waals surface area contributed by atoms with Crippen molar-refractivity contribution in [2.75, 3.05) is 19.7 Å². The van der Waals surface area contributed by atoms with Crippen molar-refractivity contribution in [3.63, 3.8) is 0 Å². The fraction of sp³-hybridized carbons (Fsp3) is 0.556. The monoisotopic (exact) mass is 384 g/mol. The lowest BCUT2D eigenvalue weighted by Gasteiger charge is -2.16. The van der Waals surface area contributed by atoms with Crippen molar-refractivity contribution in [2.45, 2.75) is 44.4 Å². The molecule has 2 amide bonds. The molecule has 0 aromatic heterocycles. The molecule has 146 valence electrons. The number of hydrogen-bond acceptors (Lipinski definition) is 5. The predicted octanol–water partition coefficient (Wildman–Crippen LogP) is 1.84. The molecule has 0 spiro atoms. The van der Waals surface area contributed by atoms with E-state index < -0.39 is 16.0 Å². The van der Waals surface area contributed by atoms with E-state index in [1.54, 1.807) is 18.2 Å². The Morgan fingerprint density at radius 3 is 2.04 bits per heavy atom. The zero-order valence-corrected chi connectivity index (χ0v) is 16.2. The van der Waals surface area contributed by atoms with E-state index in [1.165, 1.54) is 12.1 Å². The average molecular weight is 384 g/mol. The standard InChI is InChI=1S/C18H28N2O5S/c1-3-12-19-17(21)16(18(22)20-13-4-2)11-8-14-25-26(23,24)15-9-6-5-7-10-15/h5-7,9-10,16H,3-4,8,11-14H2,1-2H3,(H,19,21)(H,20,22). The van der Waals surface area contributed by atoms with Gasteiger partial charge in [-0.2, -0.15) is 8.42 Å². The van der Waals surface area contributed by atoms with Gasteiger partial charge in [0.05, 0.1) is 11.5 Å². The average Bonchev–Trinajstić information content (AvgIpc) is 2.64. The van der Waals surface area contributed by atoms with E-state index in [2.05, 4.69) is 10.6 Å².